The van der Waals surface area contributed by atoms with E-state index in [1.165, 1.54) is 44.8 Å². The van der Waals surface area contributed by atoms with Crippen LogP contribution in [0.5, 0.6) is 0 Å². The van der Waals surface area contributed by atoms with E-state index in [0.29, 0.717) is 0 Å². The van der Waals surface area contributed by atoms with E-state index in [1.54, 1.807) is 0 Å². The first-order valence-electron chi connectivity index (χ1n) is 10.3. The van der Waals surface area contributed by atoms with Gasteiger partial charge in [0.05, 0.1) is 30.8 Å². The zero-order chi connectivity index (χ0) is 18.4. The van der Waals surface area contributed by atoms with Gasteiger partial charge in [-0.15, -0.1) is 11.3 Å². The molecular weight excluding hydrogens is 360 g/mol. The van der Waals surface area contributed by atoms with Crippen LogP contribution in [0.25, 0.3) is 10.2 Å². The zero-order valence-electron chi connectivity index (χ0n) is 16.3. The average molecular weight is 390 g/mol. The number of quaternary nitrogens is 1. The van der Waals surface area contributed by atoms with Gasteiger partial charge in [0, 0.05) is 18.0 Å². The molecular formula is C20H29N4O2S+. The van der Waals surface area contributed by atoms with Crippen LogP contribution in [0.15, 0.2) is 0 Å². The summed E-state index contributed by atoms with van der Waals surface area (Å²) in [6.45, 7) is 10.8. The number of aryl methyl sites for hydroxylation is 2. The summed E-state index contributed by atoms with van der Waals surface area (Å²) in [6.07, 6.45) is 4.12. The molecule has 0 amide bonds. The van der Waals surface area contributed by atoms with Crippen molar-refractivity contribution >= 4 is 27.4 Å². The van der Waals surface area contributed by atoms with Crippen LogP contribution in [0.2, 0.25) is 0 Å². The highest BCUT2D eigenvalue weighted by Crippen LogP contribution is 2.41. The molecule has 2 aliphatic heterocycles. The van der Waals surface area contributed by atoms with E-state index in [2.05, 4.69) is 18.7 Å². The number of nitrogens with zero attached hydrogens (tertiary/aromatic N) is 3. The van der Waals surface area contributed by atoms with Crippen LogP contribution >= 0.6 is 11.3 Å². The number of hydrogen-bond acceptors (Lipinski definition) is 6. The molecule has 2 fully saturated rings. The fourth-order valence-corrected chi connectivity index (χ4v) is 6.01. The molecule has 0 bridgehead atoms. The fourth-order valence-electron chi connectivity index (χ4n) is 4.74. The first-order chi connectivity index (χ1) is 13.2. The monoisotopic (exact) mass is 389 g/mol. The van der Waals surface area contributed by atoms with Gasteiger partial charge in [0.1, 0.15) is 30.3 Å². The van der Waals surface area contributed by atoms with Crippen LogP contribution in [0.4, 0.5) is 5.82 Å². The third-order valence-corrected chi connectivity index (χ3v) is 7.10. The van der Waals surface area contributed by atoms with Gasteiger partial charge in [-0.05, 0) is 38.7 Å². The van der Waals surface area contributed by atoms with E-state index in [4.69, 9.17) is 19.4 Å². The van der Waals surface area contributed by atoms with Gasteiger partial charge in [0.15, 0.2) is 5.82 Å². The standard InChI is InChI=1S/C20H28N4O2S/c1-13-10-24(11-14(2)26-13)19-18-15-4-3-5-16(15)27-20(18)22-17(21-19)12-23-6-8-25-9-7-23/h13-14H,3-12H2,1-2H3/p+1/t13-,14+. The van der Waals surface area contributed by atoms with Gasteiger partial charge in [-0.2, -0.15) is 0 Å². The lowest BCUT2D eigenvalue weighted by atomic mass is 10.1. The van der Waals surface area contributed by atoms with Crippen molar-refractivity contribution in [2.24, 2.45) is 0 Å². The molecule has 1 aliphatic carbocycles. The molecule has 2 aromatic rings. The molecule has 0 radical (unpaired) electrons. The molecule has 0 spiro atoms. The van der Waals surface area contributed by atoms with Crippen molar-refractivity contribution < 1.29 is 14.4 Å². The summed E-state index contributed by atoms with van der Waals surface area (Å²) in [5, 5.41) is 1.33. The van der Waals surface area contributed by atoms with Crippen LogP contribution < -0.4 is 9.80 Å². The summed E-state index contributed by atoms with van der Waals surface area (Å²) in [6, 6.07) is 0. The van der Waals surface area contributed by atoms with Crippen molar-refractivity contribution in [3.05, 3.63) is 16.3 Å². The number of hydrogen-bond donors (Lipinski definition) is 1. The summed E-state index contributed by atoms with van der Waals surface area (Å²) in [5.74, 6) is 2.14. The molecule has 2 aromatic heterocycles. The Hall–Kier alpha value is -1.28. The maximum atomic E-state index is 5.98. The van der Waals surface area contributed by atoms with Crippen LogP contribution in [-0.4, -0.2) is 61.6 Å². The Morgan fingerprint density at radius 3 is 2.67 bits per heavy atom. The second-order valence-electron chi connectivity index (χ2n) is 8.20. The predicted octanol–water partition coefficient (Wildman–Crippen LogP) is 1.21. The maximum Gasteiger partial charge on any atom is 0.187 e. The first-order valence-corrected chi connectivity index (χ1v) is 11.1. The predicted molar refractivity (Wildman–Crippen MR) is 107 cm³/mol. The smallest absolute Gasteiger partial charge is 0.187 e. The number of morpholine rings is 2. The van der Waals surface area contributed by atoms with Gasteiger partial charge < -0.3 is 19.3 Å². The SMILES string of the molecule is C[C@@H]1CN(c2nc(C[NH+]3CCOCC3)nc3sc4c(c23)CCC4)C[C@H](C)O1. The van der Waals surface area contributed by atoms with Crippen molar-refractivity contribution in [1.29, 1.82) is 0 Å². The summed E-state index contributed by atoms with van der Waals surface area (Å²) in [4.78, 5) is 16.9. The summed E-state index contributed by atoms with van der Waals surface area (Å²) >= 11 is 1.90. The fraction of sp³-hybridized carbons (Fsp3) is 0.700. The molecule has 7 heteroatoms. The Bertz CT molecular complexity index is 823. The number of rotatable bonds is 3. The minimum atomic E-state index is 0.235. The number of thiophene rings is 1. The van der Waals surface area contributed by atoms with Gasteiger partial charge in [0.2, 0.25) is 0 Å². The van der Waals surface area contributed by atoms with Gasteiger partial charge in [-0.1, -0.05) is 0 Å². The molecule has 5 rings (SSSR count). The van der Waals surface area contributed by atoms with Crippen molar-refractivity contribution in [1.82, 2.24) is 9.97 Å². The zero-order valence-corrected chi connectivity index (χ0v) is 17.1. The lowest BCUT2D eigenvalue weighted by molar-refractivity contribution is -0.922. The molecule has 3 aliphatic rings. The number of aromatic nitrogens is 2. The van der Waals surface area contributed by atoms with Gasteiger partial charge >= 0.3 is 0 Å². The summed E-state index contributed by atoms with van der Waals surface area (Å²) in [5.41, 5.74) is 1.52. The highest BCUT2D eigenvalue weighted by Gasteiger charge is 2.29. The molecule has 0 saturated carbocycles. The molecule has 1 N–H and O–H groups in total. The van der Waals surface area contributed by atoms with E-state index in [1.807, 2.05) is 11.3 Å². The molecule has 6 nitrogen and oxygen atoms in total. The van der Waals surface area contributed by atoms with E-state index < -0.39 is 0 Å². The third kappa shape index (κ3) is 3.46. The van der Waals surface area contributed by atoms with Crippen molar-refractivity contribution in [2.45, 2.75) is 51.9 Å². The quantitative estimate of drug-likeness (QED) is 0.855. The Labute approximate surface area is 164 Å². The number of anilines is 1. The molecule has 146 valence electrons. The number of ether oxygens (including phenoxy) is 2. The summed E-state index contributed by atoms with van der Waals surface area (Å²) < 4.78 is 11.5. The van der Waals surface area contributed by atoms with Gasteiger partial charge in [-0.25, -0.2) is 9.97 Å². The Morgan fingerprint density at radius 1 is 1.11 bits per heavy atom. The van der Waals surface area contributed by atoms with Crippen molar-refractivity contribution in [2.75, 3.05) is 44.3 Å². The molecule has 2 atom stereocenters. The van der Waals surface area contributed by atoms with Crippen LogP contribution in [0, 0.1) is 0 Å². The van der Waals surface area contributed by atoms with Crippen LogP contribution in [0.1, 0.15) is 36.5 Å². The first kappa shape index (κ1) is 17.8. The van der Waals surface area contributed by atoms with Crippen LogP contribution in [0.3, 0.4) is 0 Å². The Balaban J connectivity index is 1.55. The lowest BCUT2D eigenvalue weighted by Gasteiger charge is -2.36. The largest absolute Gasteiger partial charge is 0.372 e. The van der Waals surface area contributed by atoms with Crippen LogP contribution in [-0.2, 0) is 28.9 Å². The molecule has 27 heavy (non-hydrogen) atoms. The Kier molecular flexibility index (Phi) is 4.80. The number of fused-ring (bicyclic) bond motifs is 3. The maximum absolute atomic E-state index is 5.98. The Morgan fingerprint density at radius 2 is 1.89 bits per heavy atom. The lowest BCUT2D eigenvalue weighted by Crippen LogP contribution is -3.12. The number of nitrogens with one attached hydrogen (secondary N) is 1. The van der Waals surface area contributed by atoms with E-state index in [9.17, 15) is 0 Å². The third-order valence-electron chi connectivity index (χ3n) is 5.92. The van der Waals surface area contributed by atoms with E-state index in [-0.39, 0.29) is 12.2 Å². The highest BCUT2D eigenvalue weighted by molar-refractivity contribution is 7.19. The highest BCUT2D eigenvalue weighted by atomic mass is 32.1. The normalized spacial score (nSPS) is 26.7. The van der Waals surface area contributed by atoms with Crippen molar-refractivity contribution in [3.63, 3.8) is 0 Å². The minimum Gasteiger partial charge on any atom is -0.372 e. The molecule has 2 saturated heterocycles. The van der Waals surface area contributed by atoms with E-state index >= 15 is 0 Å². The minimum absolute atomic E-state index is 0.235. The average Bonchev–Trinajstić information content (AvgIpc) is 3.22. The molecule has 0 unspecified atom stereocenters. The van der Waals surface area contributed by atoms with Gasteiger partial charge in [0.25, 0.3) is 0 Å². The topological polar surface area (TPSA) is 51.9 Å². The molecule has 0 aromatic carbocycles. The summed E-state index contributed by atoms with van der Waals surface area (Å²) in [7, 11) is 0. The molecule has 4 heterocycles. The van der Waals surface area contributed by atoms with Crippen molar-refractivity contribution in [3.8, 4) is 0 Å². The van der Waals surface area contributed by atoms with E-state index in [0.717, 1.165) is 57.6 Å². The second kappa shape index (κ2) is 7.28. The van der Waals surface area contributed by atoms with Gasteiger partial charge in [-0.3, -0.25) is 0 Å². The second-order valence-corrected chi connectivity index (χ2v) is 9.29.